The van der Waals surface area contributed by atoms with Crippen molar-refractivity contribution in [3.05, 3.63) is 65.5 Å². The largest absolute Gasteiger partial charge is 0.573 e. The molecule has 3 amide bonds. The predicted molar refractivity (Wildman–Crippen MR) is 86.0 cm³/mol. The van der Waals surface area contributed by atoms with Gasteiger partial charge >= 0.3 is 12.4 Å². The van der Waals surface area contributed by atoms with Gasteiger partial charge in [0.25, 0.3) is 5.91 Å². The first-order valence-corrected chi connectivity index (χ1v) is 7.84. The van der Waals surface area contributed by atoms with Gasteiger partial charge in [-0.1, -0.05) is 30.3 Å². The molecule has 5 nitrogen and oxygen atoms in total. The zero-order valence-electron chi connectivity index (χ0n) is 14.0. The van der Waals surface area contributed by atoms with E-state index in [1.165, 1.54) is 37.3 Å². The monoisotopic (exact) mass is 382 g/mol. The first-order chi connectivity index (χ1) is 12.6. The number of carbonyl (C=O) groups excluding carboxylic acids is 2. The van der Waals surface area contributed by atoms with Gasteiger partial charge in [0, 0.05) is 5.56 Å². The highest BCUT2D eigenvalue weighted by Gasteiger charge is 2.50. The molecule has 142 valence electrons. The number of hydrogen-bond donors (Lipinski definition) is 1. The molecule has 9 heteroatoms. The van der Waals surface area contributed by atoms with Gasteiger partial charge in [0.05, 0.1) is 6.54 Å². The molecule has 1 unspecified atom stereocenters. The van der Waals surface area contributed by atoms with Gasteiger partial charge in [-0.3, -0.25) is 9.69 Å². The lowest BCUT2D eigenvalue weighted by molar-refractivity contribution is -0.274. The third-order valence-electron chi connectivity index (χ3n) is 4.19. The highest BCUT2D eigenvalue weighted by atomic mass is 19.4. The molecule has 1 atom stereocenters. The summed E-state index contributed by atoms with van der Waals surface area (Å²) in [6.07, 6.45) is -4.81. The van der Waals surface area contributed by atoms with Gasteiger partial charge in [-0.25, -0.2) is 9.18 Å². The van der Waals surface area contributed by atoms with E-state index in [1.54, 1.807) is 6.07 Å². The molecule has 1 N–H and O–H groups in total. The van der Waals surface area contributed by atoms with Crippen LogP contribution in [0.15, 0.2) is 48.5 Å². The fourth-order valence-corrected chi connectivity index (χ4v) is 2.87. The Balaban J connectivity index is 1.79. The van der Waals surface area contributed by atoms with Crippen LogP contribution in [0.3, 0.4) is 0 Å². The maximum Gasteiger partial charge on any atom is 0.573 e. The lowest BCUT2D eigenvalue weighted by atomic mass is 9.91. The minimum absolute atomic E-state index is 0.0276. The minimum atomic E-state index is -4.81. The molecule has 1 heterocycles. The third-order valence-corrected chi connectivity index (χ3v) is 4.19. The molecule has 27 heavy (non-hydrogen) atoms. The van der Waals surface area contributed by atoms with E-state index in [1.807, 2.05) is 0 Å². The van der Waals surface area contributed by atoms with Gasteiger partial charge in [0.1, 0.15) is 17.1 Å². The summed E-state index contributed by atoms with van der Waals surface area (Å²) in [5.74, 6) is -1.71. The molecule has 1 aliphatic heterocycles. The van der Waals surface area contributed by atoms with Crippen molar-refractivity contribution in [3.63, 3.8) is 0 Å². The Kier molecular flexibility index (Phi) is 4.54. The second-order valence-electron chi connectivity index (χ2n) is 6.12. The Hall–Kier alpha value is -3.10. The second kappa shape index (κ2) is 6.57. The number of halogens is 4. The van der Waals surface area contributed by atoms with Crippen molar-refractivity contribution in [3.8, 4) is 5.75 Å². The number of ether oxygens (including phenoxy) is 1. The molecule has 2 aromatic rings. The van der Waals surface area contributed by atoms with Gasteiger partial charge < -0.3 is 10.1 Å². The Bertz CT molecular complexity index is 883. The van der Waals surface area contributed by atoms with Crippen LogP contribution < -0.4 is 10.1 Å². The number of nitrogens with zero attached hydrogens (tertiary/aromatic N) is 1. The standard InChI is InChI=1S/C18H14F4N2O3/c1-17(13-4-2-3-5-14(13)19)15(25)24(16(26)23-17)10-11-6-8-12(9-7-11)27-18(20,21)22/h2-9H,10H2,1H3,(H,23,26). The molecule has 0 aromatic heterocycles. The van der Waals surface area contributed by atoms with Crippen LogP contribution in [0.4, 0.5) is 22.4 Å². The quantitative estimate of drug-likeness (QED) is 0.648. The number of amides is 3. The van der Waals surface area contributed by atoms with Crippen LogP contribution in [-0.4, -0.2) is 23.2 Å². The van der Waals surface area contributed by atoms with Crippen LogP contribution in [0.2, 0.25) is 0 Å². The normalized spacial score (nSPS) is 20.0. The Labute approximate surface area is 151 Å². The summed E-state index contributed by atoms with van der Waals surface area (Å²) in [5.41, 5.74) is -1.13. The van der Waals surface area contributed by atoms with Gasteiger partial charge in [-0.15, -0.1) is 13.2 Å². The van der Waals surface area contributed by atoms with Crippen LogP contribution in [-0.2, 0) is 16.9 Å². The molecule has 1 fully saturated rings. The molecule has 0 aliphatic carbocycles. The number of urea groups is 1. The highest BCUT2D eigenvalue weighted by Crippen LogP contribution is 2.31. The first kappa shape index (κ1) is 18.7. The minimum Gasteiger partial charge on any atom is -0.406 e. The Morgan fingerprint density at radius 1 is 1.07 bits per heavy atom. The van der Waals surface area contributed by atoms with Crippen molar-refractivity contribution in [2.24, 2.45) is 0 Å². The average Bonchev–Trinajstić information content (AvgIpc) is 2.79. The summed E-state index contributed by atoms with van der Waals surface area (Å²) < 4.78 is 54.4. The van der Waals surface area contributed by atoms with E-state index in [2.05, 4.69) is 10.1 Å². The number of imide groups is 1. The predicted octanol–water partition coefficient (Wildman–Crippen LogP) is 3.69. The van der Waals surface area contributed by atoms with Crippen molar-refractivity contribution >= 4 is 11.9 Å². The van der Waals surface area contributed by atoms with Crippen molar-refractivity contribution in [1.82, 2.24) is 10.2 Å². The molecule has 0 bridgehead atoms. The lowest BCUT2D eigenvalue weighted by Gasteiger charge is -2.22. The molecule has 1 aliphatic rings. The number of hydrogen-bond acceptors (Lipinski definition) is 3. The van der Waals surface area contributed by atoms with Gasteiger partial charge in [0.2, 0.25) is 0 Å². The molecule has 0 radical (unpaired) electrons. The van der Waals surface area contributed by atoms with Crippen LogP contribution in [0.5, 0.6) is 5.75 Å². The number of benzene rings is 2. The summed E-state index contributed by atoms with van der Waals surface area (Å²) in [6.45, 7) is 1.22. The molecular weight excluding hydrogens is 368 g/mol. The number of carbonyl (C=O) groups is 2. The molecule has 0 saturated carbocycles. The van der Waals surface area contributed by atoms with E-state index >= 15 is 0 Å². The van der Waals surface area contributed by atoms with Crippen LogP contribution in [0.25, 0.3) is 0 Å². The Morgan fingerprint density at radius 3 is 2.30 bits per heavy atom. The fraction of sp³-hybridized carbons (Fsp3) is 0.222. The van der Waals surface area contributed by atoms with E-state index in [4.69, 9.17) is 0 Å². The van der Waals surface area contributed by atoms with Crippen molar-refractivity contribution in [2.45, 2.75) is 25.4 Å². The van der Waals surface area contributed by atoms with Crippen molar-refractivity contribution in [1.29, 1.82) is 0 Å². The van der Waals surface area contributed by atoms with E-state index < -0.39 is 35.4 Å². The summed E-state index contributed by atoms with van der Waals surface area (Å²) in [7, 11) is 0. The van der Waals surface area contributed by atoms with Crippen LogP contribution in [0, 0.1) is 5.82 Å². The van der Waals surface area contributed by atoms with E-state index in [0.717, 1.165) is 17.0 Å². The fourth-order valence-electron chi connectivity index (χ4n) is 2.87. The van der Waals surface area contributed by atoms with Crippen LogP contribution in [0.1, 0.15) is 18.1 Å². The molecular formula is C18H14F4N2O3. The molecule has 1 saturated heterocycles. The first-order valence-electron chi connectivity index (χ1n) is 7.84. The van der Waals surface area contributed by atoms with Crippen molar-refractivity contribution < 1.29 is 31.9 Å². The van der Waals surface area contributed by atoms with E-state index in [-0.39, 0.29) is 12.1 Å². The molecule has 3 rings (SSSR count). The van der Waals surface area contributed by atoms with Gasteiger partial charge in [-0.2, -0.15) is 0 Å². The average molecular weight is 382 g/mol. The third kappa shape index (κ3) is 3.71. The SMILES string of the molecule is CC1(c2ccccc2F)NC(=O)N(Cc2ccc(OC(F)(F)F)cc2)C1=O. The van der Waals surface area contributed by atoms with Gasteiger partial charge in [-0.05, 0) is 30.7 Å². The van der Waals surface area contributed by atoms with Gasteiger partial charge in [0.15, 0.2) is 0 Å². The Morgan fingerprint density at radius 2 is 1.70 bits per heavy atom. The second-order valence-corrected chi connectivity index (χ2v) is 6.12. The van der Waals surface area contributed by atoms with E-state index in [0.29, 0.717) is 5.56 Å². The maximum absolute atomic E-state index is 14.1. The summed E-state index contributed by atoms with van der Waals surface area (Å²) in [4.78, 5) is 25.9. The summed E-state index contributed by atoms with van der Waals surface area (Å²) in [5, 5.41) is 2.47. The molecule has 2 aromatic carbocycles. The van der Waals surface area contributed by atoms with E-state index in [9.17, 15) is 27.2 Å². The number of alkyl halides is 3. The summed E-state index contributed by atoms with van der Waals surface area (Å²) >= 11 is 0. The zero-order chi connectivity index (χ0) is 19.8. The topological polar surface area (TPSA) is 58.6 Å². The van der Waals surface area contributed by atoms with Crippen molar-refractivity contribution in [2.75, 3.05) is 0 Å². The smallest absolute Gasteiger partial charge is 0.406 e. The molecule has 0 spiro atoms. The highest BCUT2D eigenvalue weighted by molar-refractivity contribution is 6.07. The lowest BCUT2D eigenvalue weighted by Crippen LogP contribution is -2.41. The number of nitrogens with one attached hydrogen (secondary N) is 1. The zero-order valence-corrected chi connectivity index (χ0v) is 14.0. The maximum atomic E-state index is 14.1. The summed E-state index contributed by atoms with van der Waals surface area (Å²) in [6, 6.07) is 9.65. The number of rotatable bonds is 4. The van der Waals surface area contributed by atoms with Crippen LogP contribution >= 0.6 is 0 Å².